The second-order valence-electron chi connectivity index (χ2n) is 15.5. The third-order valence-corrected chi connectivity index (χ3v) is 13.4. The van der Waals surface area contributed by atoms with Gasteiger partial charge in [-0.2, -0.15) is 23.3 Å². The molecule has 0 atom stereocenters. The summed E-state index contributed by atoms with van der Waals surface area (Å²) in [6.07, 6.45) is 9.28. The van der Waals surface area contributed by atoms with Crippen LogP contribution in [-0.2, 0) is 39.5 Å². The Morgan fingerprint density at radius 3 is 1.62 bits per heavy atom. The van der Waals surface area contributed by atoms with E-state index in [0.29, 0.717) is 0 Å². The van der Waals surface area contributed by atoms with Crippen LogP contribution in [0.15, 0.2) is 103 Å². The summed E-state index contributed by atoms with van der Waals surface area (Å²) < 4.78 is 4.66. The number of fused-ring (bicyclic) bond motifs is 5. The summed E-state index contributed by atoms with van der Waals surface area (Å²) in [7, 11) is 0. The van der Waals surface area contributed by atoms with Gasteiger partial charge < -0.3 is 0 Å². The van der Waals surface area contributed by atoms with Crippen molar-refractivity contribution in [3.8, 4) is 11.1 Å². The minimum atomic E-state index is -0.623. The molecule has 0 saturated carbocycles. The molecule has 0 spiro atoms. The van der Waals surface area contributed by atoms with E-state index in [-0.39, 0.29) is 35.6 Å². The Labute approximate surface area is 351 Å². The summed E-state index contributed by atoms with van der Waals surface area (Å²) in [4.78, 5) is 0. The summed E-state index contributed by atoms with van der Waals surface area (Å²) in [6.45, 7) is 18.2. The monoisotopic (exact) mass is 856 g/mol. The number of aryl methyl sites for hydroxylation is 2. The second-order valence-corrected chi connectivity index (χ2v) is 18.6. The van der Waals surface area contributed by atoms with Gasteiger partial charge in [0.15, 0.2) is 0 Å². The normalized spacial score (nSPS) is 14.8. The molecule has 0 aliphatic heterocycles. The van der Waals surface area contributed by atoms with Gasteiger partial charge in [0.25, 0.3) is 0 Å². The first-order valence-corrected chi connectivity index (χ1v) is 21.5. The number of rotatable bonds is 2. The van der Waals surface area contributed by atoms with E-state index in [1.54, 1.807) is 0 Å². The molecular formula is C48H50Cl4Zr-2. The van der Waals surface area contributed by atoms with E-state index >= 15 is 0 Å². The maximum absolute atomic E-state index is 5.84. The first kappa shape index (κ1) is 43.1. The molecule has 0 saturated heterocycles. The van der Waals surface area contributed by atoms with Crippen LogP contribution in [0.5, 0.6) is 0 Å². The quantitative estimate of drug-likeness (QED) is 0.152. The van der Waals surface area contributed by atoms with Crippen LogP contribution >= 0.6 is 48.0 Å². The van der Waals surface area contributed by atoms with Crippen LogP contribution in [0.25, 0.3) is 22.3 Å². The van der Waals surface area contributed by atoms with Crippen molar-refractivity contribution in [3.05, 3.63) is 175 Å². The molecule has 53 heavy (non-hydrogen) atoms. The SMILES string of the molecule is CC1=C[CH-]C(C)(C)c2cc3c(cc21)-c1cc2c(cc1C3)C(C)(C)CC=C2C.Cc1c[cH-]c(C)c1.Cl.Cl.Clc1ccc([CH]=[Zr]=[CH]c2ccc(Cl)cc2)cc1. The van der Waals surface area contributed by atoms with Gasteiger partial charge in [0, 0.05) is 0 Å². The van der Waals surface area contributed by atoms with E-state index in [1.165, 1.54) is 77.9 Å². The number of hydrogen-bond donors (Lipinski definition) is 0. The zero-order valence-corrected chi connectivity index (χ0v) is 37.6. The summed E-state index contributed by atoms with van der Waals surface area (Å²) in [6, 6.07) is 32.3. The van der Waals surface area contributed by atoms with Gasteiger partial charge in [0.2, 0.25) is 0 Å². The molecular weight excluding hydrogens is 810 g/mol. The van der Waals surface area contributed by atoms with Gasteiger partial charge in [-0.3, -0.25) is 0 Å². The van der Waals surface area contributed by atoms with E-state index in [9.17, 15) is 0 Å². The fraction of sp³-hybridized carbons (Fsp3) is 0.250. The van der Waals surface area contributed by atoms with Crippen LogP contribution in [0.4, 0.5) is 0 Å². The van der Waals surface area contributed by atoms with Crippen LogP contribution < -0.4 is 0 Å². The molecule has 5 aromatic rings. The third kappa shape index (κ3) is 10.2. The van der Waals surface area contributed by atoms with E-state index in [0.717, 1.165) is 22.9 Å². The molecule has 0 amide bonds. The fourth-order valence-corrected chi connectivity index (χ4v) is 9.59. The summed E-state index contributed by atoms with van der Waals surface area (Å²) in [5.74, 6) is 0. The zero-order valence-electron chi connectivity index (χ0n) is 32.0. The molecule has 276 valence electrons. The van der Waals surface area contributed by atoms with E-state index < -0.39 is 22.3 Å². The molecule has 0 unspecified atom stereocenters. The molecule has 0 fully saturated rings. The van der Waals surface area contributed by atoms with Crippen LogP contribution in [0.1, 0.15) is 104 Å². The Bertz CT molecular complexity index is 2050. The van der Waals surface area contributed by atoms with Crippen molar-refractivity contribution in [1.82, 2.24) is 0 Å². The summed E-state index contributed by atoms with van der Waals surface area (Å²) in [5, 5.41) is 1.57. The molecule has 0 N–H and O–H groups in total. The van der Waals surface area contributed by atoms with E-state index in [2.05, 4.69) is 148 Å². The average Bonchev–Trinajstić information content (AvgIpc) is 3.66. The Kier molecular flexibility index (Phi) is 14.5. The average molecular weight is 860 g/mol. The Morgan fingerprint density at radius 2 is 1.15 bits per heavy atom. The Hall–Kier alpha value is -2.64. The first-order valence-electron chi connectivity index (χ1n) is 17.9. The summed E-state index contributed by atoms with van der Waals surface area (Å²) >= 11 is 11.0. The predicted molar refractivity (Wildman–Crippen MR) is 236 cm³/mol. The van der Waals surface area contributed by atoms with Gasteiger partial charge in [0.05, 0.1) is 0 Å². The number of hydrogen-bond acceptors (Lipinski definition) is 0. The van der Waals surface area contributed by atoms with Gasteiger partial charge in [-0.25, -0.2) is 24.1 Å². The predicted octanol–water partition coefficient (Wildman–Crippen LogP) is 14.2. The van der Waals surface area contributed by atoms with E-state index in [1.807, 2.05) is 24.3 Å². The topological polar surface area (TPSA) is 0 Å². The van der Waals surface area contributed by atoms with Gasteiger partial charge in [-0.1, -0.05) is 76.8 Å². The Balaban J connectivity index is 0.000000207. The summed E-state index contributed by atoms with van der Waals surface area (Å²) in [5.41, 5.74) is 20.2. The van der Waals surface area contributed by atoms with Gasteiger partial charge >= 0.3 is 123 Å². The number of halogens is 4. The van der Waals surface area contributed by atoms with Gasteiger partial charge in [-0.15, -0.1) is 37.3 Å². The van der Waals surface area contributed by atoms with Gasteiger partial charge in [0.1, 0.15) is 0 Å². The molecule has 5 aromatic carbocycles. The molecule has 0 nitrogen and oxygen atoms in total. The van der Waals surface area contributed by atoms with Crippen molar-refractivity contribution in [1.29, 1.82) is 0 Å². The third-order valence-electron chi connectivity index (χ3n) is 10.4. The van der Waals surface area contributed by atoms with Crippen LogP contribution in [0.2, 0.25) is 10.0 Å². The van der Waals surface area contributed by atoms with Crippen molar-refractivity contribution in [3.63, 3.8) is 0 Å². The van der Waals surface area contributed by atoms with Crippen molar-refractivity contribution >= 4 is 66.6 Å². The van der Waals surface area contributed by atoms with Crippen LogP contribution in [0, 0.1) is 20.3 Å². The minimum absolute atomic E-state index is 0. The molecule has 8 rings (SSSR count). The molecule has 3 aliphatic rings. The molecule has 5 heteroatoms. The first-order chi connectivity index (χ1) is 24.2. The Morgan fingerprint density at radius 1 is 0.642 bits per heavy atom. The van der Waals surface area contributed by atoms with Crippen molar-refractivity contribution in [2.45, 2.75) is 79.1 Å². The number of benzene rings is 4. The van der Waals surface area contributed by atoms with Crippen molar-refractivity contribution < 1.29 is 22.3 Å². The molecule has 0 heterocycles. The second kappa shape index (κ2) is 17.9. The fourth-order valence-electron chi connectivity index (χ4n) is 7.25. The molecule has 0 aromatic heterocycles. The van der Waals surface area contributed by atoms with Crippen LogP contribution in [-0.4, -0.2) is 7.42 Å². The number of allylic oxidation sites excluding steroid dienone is 4. The maximum atomic E-state index is 5.84. The van der Waals surface area contributed by atoms with Gasteiger partial charge in [-0.05, 0) is 70.2 Å². The van der Waals surface area contributed by atoms with Crippen molar-refractivity contribution in [2.75, 3.05) is 0 Å². The molecule has 0 bridgehead atoms. The van der Waals surface area contributed by atoms with Crippen molar-refractivity contribution in [2.24, 2.45) is 0 Å². The standard InChI is InChI=1S/C27H29.2C7H5Cl.C7H9.2ClH.Zr/c1-16-7-9-26(3,4)24-12-18-11-19-13-25-21(17(2)8-10-27(25,5)6)15-23(19)22(18)14-20(16)24;2*1-6-2-4-7(8)5-3-6;1-6-3-4-7(2)5-6;;;/h7-9,12-15H,10-11H2,1-6H3;2*1-5H;3-5H,1-2H3;2*1H;/q-1;;;-1;;;. The zero-order chi connectivity index (χ0) is 36.5. The van der Waals surface area contributed by atoms with Crippen LogP contribution in [0.3, 0.4) is 0 Å². The van der Waals surface area contributed by atoms with E-state index in [4.69, 9.17) is 23.2 Å². The molecule has 0 radical (unpaired) electrons. The molecule has 3 aliphatic carbocycles.